The molecule has 0 aromatic carbocycles. The van der Waals surface area contributed by atoms with Crippen molar-refractivity contribution in [1.29, 1.82) is 0 Å². The lowest BCUT2D eigenvalue weighted by atomic mass is 9.97. The Hall–Kier alpha value is -1.14. The molecule has 0 spiro atoms. The molecule has 116 valence electrons. The fraction of sp³-hybridized carbons (Fsp3) is 0.733. The van der Waals surface area contributed by atoms with Crippen LogP contribution >= 0.6 is 11.3 Å². The first-order valence-corrected chi connectivity index (χ1v) is 8.72. The molecule has 1 aliphatic carbocycles. The molecule has 1 atom stereocenters. The van der Waals surface area contributed by atoms with Crippen LogP contribution in [0.2, 0.25) is 0 Å². The second-order valence-corrected chi connectivity index (χ2v) is 7.00. The van der Waals surface area contributed by atoms with Gasteiger partial charge in [-0.15, -0.1) is 11.3 Å². The number of thiazole rings is 1. The summed E-state index contributed by atoms with van der Waals surface area (Å²) in [6.45, 7) is 5.39. The first-order chi connectivity index (χ1) is 10.2. The summed E-state index contributed by atoms with van der Waals surface area (Å²) in [6, 6.07) is 0.405. The highest BCUT2D eigenvalue weighted by Gasteiger charge is 2.28. The Bertz CT molecular complexity index is 516. The van der Waals surface area contributed by atoms with Crippen molar-refractivity contribution in [3.05, 3.63) is 10.6 Å². The summed E-state index contributed by atoms with van der Waals surface area (Å²) < 4.78 is 0. The number of carbonyl (C=O) groups excluding carboxylic acids is 1. The van der Waals surface area contributed by atoms with E-state index in [9.17, 15) is 4.79 Å². The zero-order valence-electron chi connectivity index (χ0n) is 12.9. The van der Waals surface area contributed by atoms with E-state index < -0.39 is 0 Å². The second kappa shape index (κ2) is 6.32. The molecule has 1 N–H and O–H groups in total. The topological polar surface area (TPSA) is 48.5 Å². The number of rotatable bonds is 4. The largest absolute Gasteiger partial charge is 0.342 e. The van der Waals surface area contributed by atoms with E-state index in [-0.39, 0.29) is 5.91 Å². The molecular weight excluding hydrogens is 284 g/mol. The number of aryl methyl sites for hydroxylation is 1. The second-order valence-electron chi connectivity index (χ2n) is 5.94. The summed E-state index contributed by atoms with van der Waals surface area (Å²) in [5, 5.41) is 4.64. The molecule has 5 nitrogen and oxygen atoms in total. The van der Waals surface area contributed by atoms with Crippen molar-refractivity contribution in [2.45, 2.75) is 38.6 Å². The number of hydrogen-bond acceptors (Lipinski definition) is 5. The number of nitrogens with one attached hydrogen (secondary N) is 1. The zero-order chi connectivity index (χ0) is 14.8. The average Bonchev–Trinajstić information content (AvgIpc) is 2.92. The van der Waals surface area contributed by atoms with Crippen molar-refractivity contribution < 1.29 is 4.79 Å². The first kappa shape index (κ1) is 14.8. The molecule has 1 aromatic rings. The lowest BCUT2D eigenvalue weighted by Gasteiger charge is -2.31. The van der Waals surface area contributed by atoms with Crippen molar-refractivity contribution in [1.82, 2.24) is 15.2 Å². The van der Waals surface area contributed by atoms with Crippen LogP contribution in [-0.4, -0.2) is 49.0 Å². The summed E-state index contributed by atoms with van der Waals surface area (Å²) in [4.78, 5) is 22.1. The Morgan fingerprint density at radius 1 is 1.43 bits per heavy atom. The number of aromatic nitrogens is 1. The van der Waals surface area contributed by atoms with Crippen LogP contribution in [0.25, 0.3) is 0 Å². The van der Waals surface area contributed by atoms with Crippen LogP contribution in [0.3, 0.4) is 0 Å². The molecular formula is C15H24N4OS. The minimum atomic E-state index is 0.190. The summed E-state index contributed by atoms with van der Waals surface area (Å²) in [7, 11) is 1.87. The summed E-state index contributed by atoms with van der Waals surface area (Å²) in [5.41, 5.74) is 1.24. The van der Waals surface area contributed by atoms with E-state index in [4.69, 9.17) is 4.98 Å². The number of carbonyl (C=O) groups is 1. The van der Waals surface area contributed by atoms with Crippen LogP contribution in [0.15, 0.2) is 0 Å². The summed E-state index contributed by atoms with van der Waals surface area (Å²) in [6.07, 6.45) is 4.70. The molecule has 1 saturated heterocycles. The Morgan fingerprint density at radius 2 is 2.29 bits per heavy atom. The van der Waals surface area contributed by atoms with Gasteiger partial charge < -0.3 is 15.1 Å². The van der Waals surface area contributed by atoms with Gasteiger partial charge in [0.2, 0.25) is 5.91 Å². The van der Waals surface area contributed by atoms with Gasteiger partial charge in [0.25, 0.3) is 0 Å². The molecule has 1 fully saturated rings. The third-order valence-corrected chi connectivity index (χ3v) is 5.50. The van der Waals surface area contributed by atoms with Crippen LogP contribution in [0, 0.1) is 0 Å². The Morgan fingerprint density at radius 3 is 3.05 bits per heavy atom. The monoisotopic (exact) mass is 308 g/mol. The highest BCUT2D eigenvalue weighted by Crippen LogP contribution is 2.37. The minimum Gasteiger partial charge on any atom is -0.342 e. The maximum atomic E-state index is 11.9. The molecule has 1 aliphatic heterocycles. The fourth-order valence-corrected chi connectivity index (χ4v) is 4.17. The quantitative estimate of drug-likeness (QED) is 0.921. The SMILES string of the molecule is CCCNC1CCCc2sc(N3CCN(C)C(=O)C3)nc21. The van der Waals surface area contributed by atoms with Gasteiger partial charge in [-0.05, 0) is 32.2 Å². The molecule has 2 aliphatic rings. The van der Waals surface area contributed by atoms with Gasteiger partial charge in [-0.3, -0.25) is 4.79 Å². The molecule has 6 heteroatoms. The fourth-order valence-electron chi connectivity index (χ4n) is 2.98. The number of amides is 1. The molecule has 21 heavy (non-hydrogen) atoms. The van der Waals surface area contributed by atoms with Gasteiger partial charge in [-0.2, -0.15) is 0 Å². The lowest BCUT2D eigenvalue weighted by molar-refractivity contribution is -0.129. The summed E-state index contributed by atoms with van der Waals surface area (Å²) >= 11 is 1.79. The average molecular weight is 308 g/mol. The van der Waals surface area contributed by atoms with E-state index in [0.29, 0.717) is 12.6 Å². The van der Waals surface area contributed by atoms with E-state index in [1.54, 1.807) is 16.2 Å². The smallest absolute Gasteiger partial charge is 0.241 e. The predicted octanol–water partition coefficient (Wildman–Crippen LogP) is 1.80. The van der Waals surface area contributed by atoms with Crippen LogP contribution in [-0.2, 0) is 11.2 Å². The van der Waals surface area contributed by atoms with Crippen molar-refractivity contribution >= 4 is 22.4 Å². The minimum absolute atomic E-state index is 0.190. The molecule has 1 amide bonds. The van der Waals surface area contributed by atoms with Crippen LogP contribution in [0.4, 0.5) is 5.13 Å². The maximum Gasteiger partial charge on any atom is 0.241 e. The Balaban J connectivity index is 1.76. The molecule has 0 radical (unpaired) electrons. The van der Waals surface area contributed by atoms with Gasteiger partial charge in [0, 0.05) is 25.0 Å². The number of nitrogens with zero attached hydrogens (tertiary/aromatic N) is 3. The number of likely N-dealkylation sites (N-methyl/N-ethyl adjacent to an activating group) is 1. The van der Waals surface area contributed by atoms with Crippen molar-refractivity contribution in [2.75, 3.05) is 38.1 Å². The third kappa shape index (κ3) is 3.06. The van der Waals surface area contributed by atoms with Gasteiger partial charge in [-0.25, -0.2) is 4.98 Å². The normalized spacial score (nSPS) is 22.6. The molecule has 3 rings (SSSR count). The van der Waals surface area contributed by atoms with Crippen molar-refractivity contribution in [3.63, 3.8) is 0 Å². The van der Waals surface area contributed by atoms with Gasteiger partial charge >= 0.3 is 0 Å². The van der Waals surface area contributed by atoms with E-state index in [1.807, 2.05) is 7.05 Å². The molecule has 1 unspecified atom stereocenters. The van der Waals surface area contributed by atoms with E-state index in [0.717, 1.165) is 37.6 Å². The van der Waals surface area contributed by atoms with Crippen molar-refractivity contribution in [2.24, 2.45) is 0 Å². The number of fused-ring (bicyclic) bond motifs is 1. The molecule has 1 aromatic heterocycles. The number of piperazine rings is 1. The van der Waals surface area contributed by atoms with Gasteiger partial charge in [0.15, 0.2) is 5.13 Å². The maximum absolute atomic E-state index is 11.9. The Kier molecular flexibility index (Phi) is 4.45. The first-order valence-electron chi connectivity index (χ1n) is 7.91. The number of anilines is 1. The summed E-state index contributed by atoms with van der Waals surface area (Å²) in [5.74, 6) is 0.190. The van der Waals surface area contributed by atoms with Gasteiger partial charge in [0.1, 0.15) is 0 Å². The van der Waals surface area contributed by atoms with Crippen LogP contribution < -0.4 is 10.2 Å². The zero-order valence-corrected chi connectivity index (χ0v) is 13.7. The molecule has 2 heterocycles. The van der Waals surface area contributed by atoms with E-state index >= 15 is 0 Å². The van der Waals surface area contributed by atoms with Crippen molar-refractivity contribution in [3.8, 4) is 0 Å². The standard InChI is InChI=1S/C15H24N4OS/c1-3-7-16-11-5-4-6-12-14(11)17-15(21-12)19-9-8-18(2)13(20)10-19/h11,16H,3-10H2,1-2H3. The highest BCUT2D eigenvalue weighted by atomic mass is 32.1. The van der Waals surface area contributed by atoms with Crippen LogP contribution in [0.5, 0.6) is 0 Å². The predicted molar refractivity (Wildman–Crippen MR) is 85.9 cm³/mol. The van der Waals surface area contributed by atoms with E-state index in [2.05, 4.69) is 17.1 Å². The Labute approximate surface area is 130 Å². The van der Waals surface area contributed by atoms with Crippen LogP contribution in [0.1, 0.15) is 42.8 Å². The van der Waals surface area contributed by atoms with Gasteiger partial charge in [0.05, 0.1) is 18.3 Å². The third-order valence-electron chi connectivity index (χ3n) is 4.31. The highest BCUT2D eigenvalue weighted by molar-refractivity contribution is 7.15. The molecule has 0 saturated carbocycles. The molecule has 0 bridgehead atoms. The number of hydrogen-bond donors (Lipinski definition) is 1. The van der Waals surface area contributed by atoms with E-state index in [1.165, 1.54) is 23.4 Å². The van der Waals surface area contributed by atoms with Gasteiger partial charge in [-0.1, -0.05) is 6.92 Å². The lowest BCUT2D eigenvalue weighted by Crippen LogP contribution is -2.48.